The zero-order valence-electron chi connectivity index (χ0n) is 16.4. The largest absolute Gasteiger partial charge is 0.338 e. The highest BCUT2D eigenvalue weighted by atomic mass is 16.1. The number of aromatic nitrogens is 3. The van der Waals surface area contributed by atoms with Crippen molar-refractivity contribution >= 4 is 5.91 Å². The molecule has 1 atom stereocenters. The number of nitrogens with one attached hydrogen (secondary N) is 1. The molecule has 0 saturated carbocycles. The Labute approximate surface area is 170 Å². The van der Waals surface area contributed by atoms with Crippen LogP contribution >= 0.6 is 0 Å². The molecule has 0 aliphatic carbocycles. The average molecular weight is 382 g/mol. The van der Waals surface area contributed by atoms with Gasteiger partial charge in [-0.1, -0.05) is 60.7 Å². The van der Waals surface area contributed by atoms with Gasteiger partial charge in [0, 0.05) is 25.0 Å². The van der Waals surface area contributed by atoms with Crippen molar-refractivity contribution in [3.8, 4) is 11.3 Å². The van der Waals surface area contributed by atoms with E-state index in [1.165, 1.54) is 0 Å². The van der Waals surface area contributed by atoms with E-state index in [4.69, 9.17) is 0 Å². The summed E-state index contributed by atoms with van der Waals surface area (Å²) in [6, 6.07) is 23.2. The summed E-state index contributed by atoms with van der Waals surface area (Å²) in [5.41, 5.74) is 4.10. The number of benzene rings is 2. The van der Waals surface area contributed by atoms with Crippen molar-refractivity contribution in [1.82, 2.24) is 19.9 Å². The zero-order chi connectivity index (χ0) is 20.2. The number of imidazole rings is 1. The molecule has 2 heterocycles. The Morgan fingerprint density at radius 1 is 0.966 bits per heavy atom. The molecule has 0 spiro atoms. The zero-order valence-corrected chi connectivity index (χ0v) is 16.4. The second kappa shape index (κ2) is 8.10. The van der Waals surface area contributed by atoms with Crippen LogP contribution in [0.25, 0.3) is 11.3 Å². The molecular weight excluding hydrogens is 360 g/mol. The highest BCUT2D eigenvalue weighted by molar-refractivity contribution is 5.96. The highest BCUT2D eigenvalue weighted by Crippen LogP contribution is 2.22. The van der Waals surface area contributed by atoms with Crippen LogP contribution in [-0.2, 0) is 7.05 Å². The summed E-state index contributed by atoms with van der Waals surface area (Å²) in [6.45, 7) is 1.86. The van der Waals surface area contributed by atoms with Crippen molar-refractivity contribution in [2.75, 3.05) is 0 Å². The van der Waals surface area contributed by atoms with Gasteiger partial charge in [0.2, 0.25) is 0 Å². The van der Waals surface area contributed by atoms with Crippen LogP contribution in [0, 0.1) is 6.92 Å². The summed E-state index contributed by atoms with van der Waals surface area (Å²) in [6.07, 6.45) is 3.61. The SMILES string of the molecule is Cc1nc(-c2ccccc2)ccc1C(=O)N[C@H](c1ccccc1)c1nccn1C. The van der Waals surface area contributed by atoms with Crippen molar-refractivity contribution in [3.05, 3.63) is 108 Å². The minimum atomic E-state index is -0.350. The molecule has 0 saturated heterocycles. The average Bonchev–Trinajstić information content (AvgIpc) is 3.18. The Hall–Kier alpha value is -3.73. The van der Waals surface area contributed by atoms with Crippen LogP contribution in [0.5, 0.6) is 0 Å². The predicted molar refractivity (Wildman–Crippen MR) is 113 cm³/mol. The summed E-state index contributed by atoms with van der Waals surface area (Å²) in [5, 5.41) is 3.13. The van der Waals surface area contributed by atoms with Crippen molar-refractivity contribution < 1.29 is 4.79 Å². The normalized spacial score (nSPS) is 11.8. The molecule has 2 aromatic carbocycles. The summed E-state index contributed by atoms with van der Waals surface area (Å²) in [4.78, 5) is 22.2. The maximum absolute atomic E-state index is 13.1. The molecule has 5 nitrogen and oxygen atoms in total. The maximum Gasteiger partial charge on any atom is 0.253 e. The van der Waals surface area contributed by atoms with Crippen LogP contribution in [0.2, 0.25) is 0 Å². The van der Waals surface area contributed by atoms with E-state index in [0.29, 0.717) is 11.3 Å². The van der Waals surface area contributed by atoms with Gasteiger partial charge < -0.3 is 9.88 Å². The number of carbonyl (C=O) groups is 1. The van der Waals surface area contributed by atoms with Crippen LogP contribution in [0.3, 0.4) is 0 Å². The van der Waals surface area contributed by atoms with E-state index in [-0.39, 0.29) is 11.9 Å². The Bertz CT molecular complexity index is 1120. The third-order valence-electron chi connectivity index (χ3n) is 4.92. The maximum atomic E-state index is 13.1. The van der Waals surface area contributed by atoms with Gasteiger partial charge in [-0.15, -0.1) is 0 Å². The second-order valence-corrected chi connectivity index (χ2v) is 6.91. The lowest BCUT2D eigenvalue weighted by Gasteiger charge is -2.20. The molecule has 5 heteroatoms. The van der Waals surface area contributed by atoms with Crippen LogP contribution in [0.4, 0.5) is 0 Å². The van der Waals surface area contributed by atoms with Gasteiger partial charge in [0.05, 0.1) is 17.0 Å². The second-order valence-electron chi connectivity index (χ2n) is 6.91. The first-order valence-electron chi connectivity index (χ1n) is 9.49. The van der Waals surface area contributed by atoms with Gasteiger partial charge in [-0.25, -0.2) is 4.98 Å². The van der Waals surface area contributed by atoms with Gasteiger partial charge in [-0.3, -0.25) is 9.78 Å². The van der Waals surface area contributed by atoms with E-state index in [9.17, 15) is 4.79 Å². The van der Waals surface area contributed by atoms with E-state index in [1.807, 2.05) is 97.5 Å². The fourth-order valence-electron chi connectivity index (χ4n) is 3.38. The van der Waals surface area contributed by atoms with E-state index in [0.717, 1.165) is 22.6 Å². The smallest absolute Gasteiger partial charge is 0.253 e. The van der Waals surface area contributed by atoms with Gasteiger partial charge in [0.25, 0.3) is 5.91 Å². The van der Waals surface area contributed by atoms with Gasteiger partial charge in [-0.2, -0.15) is 0 Å². The van der Waals surface area contributed by atoms with Crippen LogP contribution < -0.4 is 5.32 Å². The predicted octanol–water partition coefficient (Wildman–Crippen LogP) is 4.31. The van der Waals surface area contributed by atoms with Crippen LogP contribution in [-0.4, -0.2) is 20.4 Å². The Morgan fingerprint density at radius 2 is 1.66 bits per heavy atom. The first-order valence-corrected chi connectivity index (χ1v) is 9.49. The first-order chi connectivity index (χ1) is 14.1. The first kappa shape index (κ1) is 18.6. The Morgan fingerprint density at radius 3 is 2.28 bits per heavy atom. The van der Waals surface area contributed by atoms with E-state index in [2.05, 4.69) is 15.3 Å². The highest BCUT2D eigenvalue weighted by Gasteiger charge is 2.22. The van der Waals surface area contributed by atoms with Gasteiger partial charge in [-0.05, 0) is 24.6 Å². The summed E-state index contributed by atoms with van der Waals surface area (Å²) in [5.74, 6) is 0.600. The lowest BCUT2D eigenvalue weighted by atomic mass is 10.0. The molecule has 0 radical (unpaired) electrons. The third kappa shape index (κ3) is 3.94. The fraction of sp³-hybridized carbons (Fsp3) is 0.125. The van der Waals surface area contributed by atoms with Gasteiger partial charge in [0.15, 0.2) is 0 Å². The Balaban J connectivity index is 1.64. The number of pyridine rings is 1. The number of carbonyl (C=O) groups excluding carboxylic acids is 1. The topological polar surface area (TPSA) is 59.8 Å². The van der Waals surface area contributed by atoms with E-state index < -0.39 is 0 Å². The molecule has 0 bridgehead atoms. The summed E-state index contributed by atoms with van der Waals surface area (Å²) in [7, 11) is 1.92. The standard InChI is InChI=1S/C24H22N4O/c1-17-20(13-14-21(26-17)18-9-5-3-6-10-18)24(29)27-22(19-11-7-4-8-12-19)23-25-15-16-28(23)2/h3-16,22H,1-2H3,(H,27,29)/t22-/m1/s1. The number of hydrogen-bond acceptors (Lipinski definition) is 3. The molecule has 1 amide bonds. The molecule has 0 aliphatic rings. The van der Waals surface area contributed by atoms with Crippen molar-refractivity contribution in [2.24, 2.45) is 7.05 Å². The number of amides is 1. The number of aryl methyl sites for hydroxylation is 2. The molecule has 29 heavy (non-hydrogen) atoms. The Kier molecular flexibility index (Phi) is 5.20. The lowest BCUT2D eigenvalue weighted by molar-refractivity contribution is 0.0940. The quantitative estimate of drug-likeness (QED) is 0.559. The summed E-state index contributed by atoms with van der Waals surface area (Å²) < 4.78 is 1.92. The number of nitrogens with zero attached hydrogens (tertiary/aromatic N) is 3. The lowest BCUT2D eigenvalue weighted by Crippen LogP contribution is -2.31. The minimum Gasteiger partial charge on any atom is -0.338 e. The van der Waals surface area contributed by atoms with Gasteiger partial charge >= 0.3 is 0 Å². The molecule has 0 fully saturated rings. The van der Waals surface area contributed by atoms with Crippen LogP contribution in [0.15, 0.2) is 85.2 Å². The van der Waals surface area contributed by atoms with E-state index in [1.54, 1.807) is 6.20 Å². The molecule has 2 aromatic heterocycles. The molecule has 0 aliphatic heterocycles. The molecule has 4 aromatic rings. The molecule has 1 N–H and O–H groups in total. The molecule has 0 unspecified atom stereocenters. The monoisotopic (exact) mass is 382 g/mol. The number of hydrogen-bond donors (Lipinski definition) is 1. The summed E-state index contributed by atoms with van der Waals surface area (Å²) >= 11 is 0. The molecular formula is C24H22N4O. The molecule has 144 valence electrons. The van der Waals surface area contributed by atoms with E-state index >= 15 is 0 Å². The van der Waals surface area contributed by atoms with Crippen LogP contribution in [0.1, 0.15) is 33.5 Å². The minimum absolute atomic E-state index is 0.175. The van der Waals surface area contributed by atoms with Crippen molar-refractivity contribution in [1.29, 1.82) is 0 Å². The van der Waals surface area contributed by atoms with Gasteiger partial charge in [0.1, 0.15) is 11.9 Å². The van der Waals surface area contributed by atoms with Crippen molar-refractivity contribution in [2.45, 2.75) is 13.0 Å². The molecule has 4 rings (SSSR count). The number of rotatable bonds is 5. The van der Waals surface area contributed by atoms with Crippen molar-refractivity contribution in [3.63, 3.8) is 0 Å². The fourth-order valence-corrected chi connectivity index (χ4v) is 3.38. The third-order valence-corrected chi connectivity index (χ3v) is 4.92.